The summed E-state index contributed by atoms with van der Waals surface area (Å²) < 4.78 is 15.2. The molecule has 4 rings (SSSR count). The van der Waals surface area contributed by atoms with Crippen LogP contribution in [-0.4, -0.2) is 19.6 Å². The van der Waals surface area contributed by atoms with Crippen LogP contribution in [0.15, 0.2) is 67.3 Å². The maximum Gasteiger partial charge on any atom is 0.165 e. The van der Waals surface area contributed by atoms with Gasteiger partial charge in [0.25, 0.3) is 0 Å². The van der Waals surface area contributed by atoms with Crippen LogP contribution in [0.25, 0.3) is 16.8 Å². The Kier molecular flexibility index (Phi) is 3.63. The zero-order chi connectivity index (χ0) is 16.4. The van der Waals surface area contributed by atoms with E-state index in [1.54, 1.807) is 23.0 Å². The van der Waals surface area contributed by atoms with Gasteiger partial charge in [-0.05, 0) is 35.4 Å². The smallest absolute Gasteiger partial charge is 0.165 e. The molecule has 0 atom stereocenters. The highest BCUT2D eigenvalue weighted by Crippen LogP contribution is 2.24. The quantitative estimate of drug-likeness (QED) is 0.625. The lowest BCUT2D eigenvalue weighted by Crippen LogP contribution is -2.03. The number of nitrogens with zero attached hydrogens (tertiary/aromatic N) is 4. The molecule has 5 nitrogen and oxygen atoms in total. The zero-order valence-corrected chi connectivity index (χ0v) is 12.7. The molecule has 0 aliphatic carbocycles. The van der Waals surface area contributed by atoms with Crippen LogP contribution < -0.4 is 5.32 Å². The van der Waals surface area contributed by atoms with Crippen molar-refractivity contribution in [1.29, 1.82) is 0 Å². The summed E-state index contributed by atoms with van der Waals surface area (Å²) >= 11 is 0. The van der Waals surface area contributed by atoms with Crippen LogP contribution in [0.5, 0.6) is 0 Å². The van der Waals surface area contributed by atoms with Crippen molar-refractivity contribution in [2.24, 2.45) is 0 Å². The van der Waals surface area contributed by atoms with E-state index in [1.807, 2.05) is 36.7 Å². The third-order valence-corrected chi connectivity index (χ3v) is 3.70. The van der Waals surface area contributed by atoms with Crippen LogP contribution in [0.2, 0.25) is 0 Å². The van der Waals surface area contributed by atoms with Gasteiger partial charge in [-0.15, -0.1) is 0 Å². The van der Waals surface area contributed by atoms with Crippen molar-refractivity contribution in [2.75, 3.05) is 5.32 Å². The molecular formula is C18H14FN5. The molecule has 6 heteroatoms. The van der Waals surface area contributed by atoms with Crippen molar-refractivity contribution in [3.05, 3.63) is 78.6 Å². The summed E-state index contributed by atoms with van der Waals surface area (Å²) in [5.41, 5.74) is 3.29. The van der Waals surface area contributed by atoms with Crippen LogP contribution >= 0.6 is 0 Å². The highest BCUT2D eigenvalue weighted by molar-refractivity contribution is 5.77. The van der Waals surface area contributed by atoms with E-state index in [0.29, 0.717) is 12.2 Å². The molecular weight excluding hydrogens is 305 g/mol. The minimum atomic E-state index is -0.280. The van der Waals surface area contributed by atoms with E-state index in [1.165, 1.54) is 12.1 Å². The van der Waals surface area contributed by atoms with Gasteiger partial charge >= 0.3 is 0 Å². The Balaban J connectivity index is 1.66. The molecule has 0 saturated heterocycles. The summed E-state index contributed by atoms with van der Waals surface area (Å²) in [7, 11) is 0. The van der Waals surface area contributed by atoms with Crippen LogP contribution in [0.1, 0.15) is 5.56 Å². The second-order valence-corrected chi connectivity index (χ2v) is 5.36. The number of hydrogen-bond donors (Lipinski definition) is 1. The van der Waals surface area contributed by atoms with Crippen molar-refractivity contribution in [3.63, 3.8) is 0 Å². The summed E-state index contributed by atoms with van der Waals surface area (Å²) in [5, 5.41) is 7.54. The Morgan fingerprint density at radius 1 is 1.08 bits per heavy atom. The van der Waals surface area contributed by atoms with Crippen LogP contribution in [0.4, 0.5) is 10.2 Å². The molecule has 0 fully saturated rings. The highest BCUT2D eigenvalue weighted by atomic mass is 19.1. The van der Waals surface area contributed by atoms with Crippen LogP contribution in [-0.2, 0) is 6.54 Å². The van der Waals surface area contributed by atoms with Crippen LogP contribution in [0.3, 0.4) is 0 Å². The van der Waals surface area contributed by atoms with Gasteiger partial charge < -0.3 is 5.32 Å². The number of benzene rings is 1. The first-order chi connectivity index (χ1) is 11.8. The lowest BCUT2D eigenvalue weighted by Gasteiger charge is -2.06. The summed E-state index contributed by atoms with van der Waals surface area (Å²) in [6.45, 7) is 0.625. The predicted octanol–water partition coefficient (Wildman–Crippen LogP) is 3.54. The molecule has 1 N–H and O–H groups in total. The maximum absolute atomic E-state index is 13.5. The van der Waals surface area contributed by atoms with E-state index in [2.05, 4.69) is 20.4 Å². The van der Waals surface area contributed by atoms with Gasteiger partial charge in [-0.2, -0.15) is 5.10 Å². The number of anilines is 1. The van der Waals surface area contributed by atoms with Gasteiger partial charge in [0.1, 0.15) is 11.6 Å². The Morgan fingerprint density at radius 2 is 2.04 bits per heavy atom. The first-order valence-electron chi connectivity index (χ1n) is 7.53. The number of pyridine rings is 1. The summed E-state index contributed by atoms with van der Waals surface area (Å²) in [6.07, 6.45) is 7.08. The van der Waals surface area contributed by atoms with E-state index in [-0.39, 0.29) is 5.82 Å². The summed E-state index contributed by atoms with van der Waals surface area (Å²) in [4.78, 5) is 8.69. The van der Waals surface area contributed by atoms with Gasteiger partial charge in [-0.25, -0.2) is 13.9 Å². The van der Waals surface area contributed by atoms with Gasteiger partial charge in [0, 0.05) is 30.7 Å². The highest BCUT2D eigenvalue weighted by Gasteiger charge is 2.09. The van der Waals surface area contributed by atoms with E-state index >= 15 is 0 Å². The number of rotatable bonds is 4. The molecule has 1 aromatic carbocycles. The maximum atomic E-state index is 13.5. The lowest BCUT2D eigenvalue weighted by molar-refractivity contribution is 0.628. The van der Waals surface area contributed by atoms with E-state index < -0.39 is 0 Å². The Bertz CT molecular complexity index is 981. The minimum Gasteiger partial charge on any atom is -0.366 e. The van der Waals surface area contributed by atoms with Gasteiger partial charge in [-0.1, -0.05) is 18.2 Å². The van der Waals surface area contributed by atoms with Gasteiger partial charge in [0.2, 0.25) is 0 Å². The average molecular weight is 319 g/mol. The fourth-order valence-electron chi connectivity index (χ4n) is 2.52. The molecule has 118 valence electrons. The molecule has 0 spiro atoms. The molecule has 0 aliphatic rings. The fourth-order valence-corrected chi connectivity index (χ4v) is 2.52. The van der Waals surface area contributed by atoms with Crippen molar-refractivity contribution >= 4 is 11.5 Å². The number of nitrogens with one attached hydrogen (secondary N) is 1. The van der Waals surface area contributed by atoms with E-state index in [0.717, 1.165) is 22.5 Å². The molecule has 0 radical (unpaired) electrons. The lowest BCUT2D eigenvalue weighted by atomic mass is 10.1. The van der Waals surface area contributed by atoms with Crippen molar-refractivity contribution < 1.29 is 4.39 Å². The number of fused-ring (bicyclic) bond motifs is 1. The largest absolute Gasteiger partial charge is 0.366 e. The van der Waals surface area contributed by atoms with Crippen molar-refractivity contribution in [2.45, 2.75) is 6.54 Å². The number of halogens is 1. The van der Waals surface area contributed by atoms with Gasteiger partial charge in [0.05, 0.1) is 6.20 Å². The SMILES string of the molecule is Fc1cccc(-c2cnn3ccc(NCc4cccnc4)nc23)c1. The normalized spacial score (nSPS) is 10.9. The minimum absolute atomic E-state index is 0.280. The van der Waals surface area contributed by atoms with E-state index in [9.17, 15) is 4.39 Å². The van der Waals surface area contributed by atoms with Gasteiger partial charge in [0.15, 0.2) is 5.65 Å². The number of aromatic nitrogens is 4. The summed E-state index contributed by atoms with van der Waals surface area (Å²) in [6, 6.07) is 12.2. The van der Waals surface area contributed by atoms with Gasteiger partial charge in [-0.3, -0.25) is 4.98 Å². The van der Waals surface area contributed by atoms with Crippen LogP contribution in [0, 0.1) is 5.82 Å². The Labute approximate surface area is 137 Å². The Hall–Kier alpha value is -3.28. The molecule has 0 aliphatic heterocycles. The molecule has 0 amide bonds. The zero-order valence-electron chi connectivity index (χ0n) is 12.7. The molecule has 0 saturated carbocycles. The molecule has 0 unspecified atom stereocenters. The van der Waals surface area contributed by atoms with E-state index in [4.69, 9.17) is 0 Å². The third kappa shape index (κ3) is 2.81. The standard InChI is InChI=1S/C18H14FN5/c19-15-5-1-4-14(9-15)16-12-22-24-8-6-17(23-18(16)24)21-11-13-3-2-7-20-10-13/h1-10,12H,11H2,(H,21,23). The first kappa shape index (κ1) is 14.3. The van der Waals surface area contributed by atoms with Crippen molar-refractivity contribution in [1.82, 2.24) is 19.6 Å². The second-order valence-electron chi connectivity index (χ2n) is 5.36. The molecule has 0 bridgehead atoms. The summed E-state index contributed by atoms with van der Waals surface area (Å²) in [5.74, 6) is 0.446. The molecule has 3 heterocycles. The molecule has 4 aromatic rings. The molecule has 3 aromatic heterocycles. The average Bonchev–Trinajstić information content (AvgIpc) is 3.04. The topological polar surface area (TPSA) is 55.1 Å². The Morgan fingerprint density at radius 3 is 2.88 bits per heavy atom. The predicted molar refractivity (Wildman–Crippen MR) is 89.9 cm³/mol. The monoisotopic (exact) mass is 319 g/mol. The molecule has 24 heavy (non-hydrogen) atoms. The second kappa shape index (κ2) is 6.08. The first-order valence-corrected chi connectivity index (χ1v) is 7.53. The number of hydrogen-bond acceptors (Lipinski definition) is 4. The van der Waals surface area contributed by atoms with Crippen molar-refractivity contribution in [3.8, 4) is 11.1 Å². The fraction of sp³-hybridized carbons (Fsp3) is 0.0556. The third-order valence-electron chi connectivity index (χ3n) is 3.70.